The molecular weight excluding hydrogens is 206 g/mol. The van der Waals surface area contributed by atoms with Gasteiger partial charge in [0, 0.05) is 31.6 Å². The molecule has 0 saturated carbocycles. The summed E-state index contributed by atoms with van der Waals surface area (Å²) in [6.45, 7) is 3.00. The van der Waals surface area contributed by atoms with Crippen LogP contribution in [0.15, 0.2) is 18.3 Å². The lowest BCUT2D eigenvalue weighted by Gasteiger charge is -2.18. The number of thioether (sulfide) groups is 1. The van der Waals surface area contributed by atoms with Gasteiger partial charge in [0.05, 0.1) is 0 Å². The largest absolute Gasteiger partial charge is 0.359 e. The second-order valence-corrected chi connectivity index (χ2v) is 4.64. The maximum Gasteiger partial charge on any atom is 0.128 e. The van der Waals surface area contributed by atoms with Crippen LogP contribution in [0, 0.1) is 0 Å². The Kier molecular flexibility index (Phi) is 4.91. The topological polar surface area (TPSA) is 42.1 Å². The monoisotopic (exact) mass is 225 g/mol. The maximum atomic E-state index is 5.83. The molecule has 0 aliphatic heterocycles. The zero-order valence-electron chi connectivity index (χ0n) is 9.60. The normalized spacial score (nSPS) is 12.5. The molecule has 0 unspecified atom stereocenters. The number of anilines is 1. The van der Waals surface area contributed by atoms with E-state index >= 15 is 0 Å². The van der Waals surface area contributed by atoms with Crippen molar-refractivity contribution in [2.24, 2.45) is 5.73 Å². The van der Waals surface area contributed by atoms with E-state index in [9.17, 15) is 0 Å². The Balaban J connectivity index is 2.71. The van der Waals surface area contributed by atoms with Gasteiger partial charge in [0.25, 0.3) is 0 Å². The minimum Gasteiger partial charge on any atom is -0.359 e. The lowest BCUT2D eigenvalue weighted by Crippen LogP contribution is -2.21. The second-order valence-electron chi connectivity index (χ2n) is 3.65. The maximum absolute atomic E-state index is 5.83. The smallest absolute Gasteiger partial charge is 0.128 e. The highest BCUT2D eigenvalue weighted by Crippen LogP contribution is 2.15. The zero-order chi connectivity index (χ0) is 11.3. The fraction of sp³-hybridized carbons (Fsp3) is 0.545. The summed E-state index contributed by atoms with van der Waals surface area (Å²) in [5.41, 5.74) is 6.97. The first-order valence-electron chi connectivity index (χ1n) is 5.06. The van der Waals surface area contributed by atoms with E-state index in [4.69, 9.17) is 5.73 Å². The first kappa shape index (κ1) is 12.3. The molecule has 15 heavy (non-hydrogen) atoms. The van der Waals surface area contributed by atoms with Crippen molar-refractivity contribution < 1.29 is 0 Å². The number of hydrogen-bond donors (Lipinski definition) is 1. The van der Waals surface area contributed by atoms with Crippen LogP contribution < -0.4 is 10.6 Å². The first-order valence-corrected chi connectivity index (χ1v) is 6.46. The van der Waals surface area contributed by atoms with Gasteiger partial charge in [-0.3, -0.25) is 0 Å². The van der Waals surface area contributed by atoms with E-state index < -0.39 is 0 Å². The van der Waals surface area contributed by atoms with Gasteiger partial charge < -0.3 is 10.6 Å². The van der Waals surface area contributed by atoms with Crippen LogP contribution in [-0.2, 0) is 0 Å². The van der Waals surface area contributed by atoms with Crippen LogP contribution in [0.25, 0.3) is 0 Å². The number of hydrogen-bond acceptors (Lipinski definition) is 4. The molecule has 1 heterocycles. The van der Waals surface area contributed by atoms with Crippen LogP contribution in [0.4, 0.5) is 5.82 Å². The highest BCUT2D eigenvalue weighted by Gasteiger charge is 2.05. The molecule has 0 fully saturated rings. The Hall–Kier alpha value is -0.740. The summed E-state index contributed by atoms with van der Waals surface area (Å²) in [5.74, 6) is 2.11. The van der Waals surface area contributed by atoms with Crippen LogP contribution in [0.1, 0.15) is 18.5 Å². The standard InChI is InChI=1S/C11H19N3S/c1-9(12)10-4-5-13-11(8-10)14(2)6-7-15-3/h4-5,8-9H,6-7,12H2,1-3H3/t9-/m0/s1. The third-order valence-corrected chi connectivity index (χ3v) is 2.91. The molecule has 84 valence electrons. The van der Waals surface area contributed by atoms with Crippen LogP contribution in [0.5, 0.6) is 0 Å². The summed E-state index contributed by atoms with van der Waals surface area (Å²) >= 11 is 1.84. The van der Waals surface area contributed by atoms with Gasteiger partial charge in [-0.05, 0) is 30.9 Å². The molecule has 1 rings (SSSR count). The fourth-order valence-electron chi connectivity index (χ4n) is 1.27. The van der Waals surface area contributed by atoms with Gasteiger partial charge in [0.2, 0.25) is 0 Å². The molecule has 1 aromatic heterocycles. The number of pyridine rings is 1. The van der Waals surface area contributed by atoms with E-state index in [1.54, 1.807) is 0 Å². The Bertz CT molecular complexity index is 302. The molecule has 0 radical (unpaired) electrons. The van der Waals surface area contributed by atoms with Gasteiger partial charge in [-0.15, -0.1) is 0 Å². The summed E-state index contributed by atoms with van der Waals surface area (Å²) < 4.78 is 0. The van der Waals surface area contributed by atoms with Crippen molar-refractivity contribution in [3.8, 4) is 0 Å². The lowest BCUT2D eigenvalue weighted by atomic mass is 10.1. The molecule has 3 nitrogen and oxygen atoms in total. The highest BCUT2D eigenvalue weighted by molar-refractivity contribution is 7.98. The number of aromatic nitrogens is 1. The summed E-state index contributed by atoms with van der Waals surface area (Å²) in [4.78, 5) is 6.49. The predicted octanol–water partition coefficient (Wildman–Crippen LogP) is 1.90. The van der Waals surface area contributed by atoms with Crippen LogP contribution >= 0.6 is 11.8 Å². The Morgan fingerprint density at radius 1 is 1.60 bits per heavy atom. The third kappa shape index (κ3) is 3.72. The van der Waals surface area contributed by atoms with Gasteiger partial charge in [-0.2, -0.15) is 11.8 Å². The molecule has 1 atom stereocenters. The van der Waals surface area contributed by atoms with Gasteiger partial charge in [-0.25, -0.2) is 4.98 Å². The molecule has 0 bridgehead atoms. The van der Waals surface area contributed by atoms with Crippen molar-refractivity contribution in [1.82, 2.24) is 4.98 Å². The number of nitrogens with two attached hydrogens (primary N) is 1. The lowest BCUT2D eigenvalue weighted by molar-refractivity contribution is 0.811. The van der Waals surface area contributed by atoms with Gasteiger partial charge >= 0.3 is 0 Å². The minimum absolute atomic E-state index is 0.0701. The van der Waals surface area contributed by atoms with Crippen molar-refractivity contribution in [2.75, 3.05) is 30.5 Å². The molecule has 4 heteroatoms. The molecule has 0 spiro atoms. The average Bonchev–Trinajstić information content (AvgIpc) is 2.26. The summed E-state index contributed by atoms with van der Waals surface area (Å²) in [7, 11) is 2.06. The Labute approximate surface area is 96.1 Å². The van der Waals surface area contributed by atoms with Crippen LogP contribution in [-0.4, -0.2) is 30.6 Å². The minimum atomic E-state index is 0.0701. The quantitative estimate of drug-likeness (QED) is 0.831. The molecule has 0 aromatic carbocycles. The number of nitrogens with zero attached hydrogens (tertiary/aromatic N) is 2. The summed E-state index contributed by atoms with van der Waals surface area (Å²) in [5, 5.41) is 0. The van der Waals surface area contributed by atoms with E-state index in [-0.39, 0.29) is 6.04 Å². The van der Waals surface area contributed by atoms with Crippen molar-refractivity contribution in [3.05, 3.63) is 23.9 Å². The molecule has 2 N–H and O–H groups in total. The molecule has 0 amide bonds. The van der Waals surface area contributed by atoms with E-state index in [0.29, 0.717) is 0 Å². The van der Waals surface area contributed by atoms with E-state index in [1.807, 2.05) is 30.9 Å². The SMILES string of the molecule is CSCCN(C)c1cc([C@H](C)N)ccn1. The fourth-order valence-corrected chi connectivity index (χ4v) is 1.73. The van der Waals surface area contributed by atoms with Crippen LogP contribution in [0.3, 0.4) is 0 Å². The van der Waals surface area contributed by atoms with Crippen molar-refractivity contribution in [1.29, 1.82) is 0 Å². The van der Waals surface area contributed by atoms with Crippen molar-refractivity contribution in [3.63, 3.8) is 0 Å². The van der Waals surface area contributed by atoms with Gasteiger partial charge in [0.1, 0.15) is 5.82 Å². The molecule has 0 aliphatic carbocycles. The van der Waals surface area contributed by atoms with E-state index in [0.717, 1.165) is 23.7 Å². The third-order valence-electron chi connectivity index (χ3n) is 2.32. The molecule has 1 aromatic rings. The van der Waals surface area contributed by atoms with Crippen molar-refractivity contribution in [2.45, 2.75) is 13.0 Å². The average molecular weight is 225 g/mol. The molecule has 0 saturated heterocycles. The highest BCUT2D eigenvalue weighted by atomic mass is 32.2. The van der Waals surface area contributed by atoms with Gasteiger partial charge in [0.15, 0.2) is 0 Å². The van der Waals surface area contributed by atoms with E-state index in [1.165, 1.54) is 0 Å². The Morgan fingerprint density at radius 3 is 2.93 bits per heavy atom. The predicted molar refractivity (Wildman–Crippen MR) is 68.5 cm³/mol. The summed E-state index contributed by atoms with van der Waals surface area (Å²) in [6.07, 6.45) is 3.93. The molecule has 0 aliphatic rings. The zero-order valence-corrected chi connectivity index (χ0v) is 10.4. The van der Waals surface area contributed by atoms with E-state index in [2.05, 4.69) is 29.3 Å². The molecular formula is C11H19N3S. The first-order chi connectivity index (χ1) is 7.15. The summed E-state index contributed by atoms with van der Waals surface area (Å²) in [6, 6.07) is 4.10. The van der Waals surface area contributed by atoms with Crippen molar-refractivity contribution >= 4 is 17.6 Å². The van der Waals surface area contributed by atoms with Gasteiger partial charge in [-0.1, -0.05) is 0 Å². The number of rotatable bonds is 5. The Morgan fingerprint density at radius 2 is 2.33 bits per heavy atom. The van der Waals surface area contributed by atoms with Crippen LogP contribution in [0.2, 0.25) is 0 Å². The second kappa shape index (κ2) is 5.98.